The number of aromatic carboxylic acids is 1. The minimum atomic E-state index is -1.16. The van der Waals surface area contributed by atoms with Crippen LogP contribution in [-0.2, 0) is 0 Å². The molecule has 14 heavy (non-hydrogen) atoms. The maximum Gasteiger partial charge on any atom is 0.374 e. The summed E-state index contributed by atoms with van der Waals surface area (Å²) in [5.41, 5.74) is 6.26. The van der Waals surface area contributed by atoms with E-state index in [2.05, 4.69) is 15.9 Å². The summed E-state index contributed by atoms with van der Waals surface area (Å²) in [5.74, 6) is -1.38. The van der Waals surface area contributed by atoms with Gasteiger partial charge in [-0.15, -0.1) is 0 Å². The van der Waals surface area contributed by atoms with E-state index in [9.17, 15) is 4.79 Å². The first kappa shape index (κ1) is 9.08. The SMILES string of the molecule is Nc1c(C(=O)O)oc2cccc(Br)c12. The molecule has 0 aliphatic heterocycles. The van der Waals surface area contributed by atoms with Crippen LogP contribution >= 0.6 is 15.9 Å². The maximum atomic E-state index is 10.7. The van der Waals surface area contributed by atoms with Gasteiger partial charge in [-0.05, 0) is 28.1 Å². The molecule has 3 N–H and O–H groups in total. The summed E-state index contributed by atoms with van der Waals surface area (Å²) in [6.07, 6.45) is 0. The Bertz CT molecular complexity index is 518. The van der Waals surface area contributed by atoms with Gasteiger partial charge in [0.25, 0.3) is 0 Å². The van der Waals surface area contributed by atoms with Gasteiger partial charge in [-0.3, -0.25) is 0 Å². The number of hydrogen-bond acceptors (Lipinski definition) is 3. The van der Waals surface area contributed by atoms with Crippen molar-refractivity contribution in [3.8, 4) is 0 Å². The van der Waals surface area contributed by atoms with Crippen LogP contribution in [0.25, 0.3) is 11.0 Å². The van der Waals surface area contributed by atoms with Gasteiger partial charge in [0.05, 0.1) is 11.1 Å². The van der Waals surface area contributed by atoms with Crippen LogP contribution in [-0.4, -0.2) is 11.1 Å². The van der Waals surface area contributed by atoms with Gasteiger partial charge >= 0.3 is 5.97 Å². The first-order valence-corrected chi connectivity index (χ1v) is 4.60. The summed E-state index contributed by atoms with van der Waals surface area (Å²) >= 11 is 3.28. The van der Waals surface area contributed by atoms with Gasteiger partial charge in [0.2, 0.25) is 5.76 Å². The quantitative estimate of drug-likeness (QED) is 0.821. The van der Waals surface area contributed by atoms with Crippen LogP contribution in [0.2, 0.25) is 0 Å². The van der Waals surface area contributed by atoms with Crippen molar-refractivity contribution in [2.24, 2.45) is 0 Å². The van der Waals surface area contributed by atoms with Gasteiger partial charge in [0.15, 0.2) is 0 Å². The molecule has 1 heterocycles. The van der Waals surface area contributed by atoms with Gasteiger partial charge in [0, 0.05) is 4.47 Å². The Labute approximate surface area is 87.4 Å². The van der Waals surface area contributed by atoms with E-state index in [4.69, 9.17) is 15.3 Å². The molecule has 0 amide bonds. The molecule has 0 radical (unpaired) electrons. The van der Waals surface area contributed by atoms with Gasteiger partial charge in [-0.2, -0.15) is 0 Å². The fourth-order valence-electron chi connectivity index (χ4n) is 1.29. The molecule has 5 heteroatoms. The molecule has 2 aromatic rings. The average molecular weight is 256 g/mol. The Morgan fingerprint density at radius 3 is 2.79 bits per heavy atom. The van der Waals surface area contributed by atoms with Gasteiger partial charge in [-0.25, -0.2) is 4.79 Å². The maximum absolute atomic E-state index is 10.7. The van der Waals surface area contributed by atoms with E-state index in [1.165, 1.54) is 0 Å². The van der Waals surface area contributed by atoms with Crippen molar-refractivity contribution in [1.82, 2.24) is 0 Å². The highest BCUT2D eigenvalue weighted by Crippen LogP contribution is 2.33. The Hall–Kier alpha value is -1.49. The smallest absolute Gasteiger partial charge is 0.374 e. The van der Waals surface area contributed by atoms with Crippen LogP contribution < -0.4 is 5.73 Å². The van der Waals surface area contributed by atoms with E-state index >= 15 is 0 Å². The zero-order valence-electron chi connectivity index (χ0n) is 6.95. The van der Waals surface area contributed by atoms with Crippen molar-refractivity contribution in [2.45, 2.75) is 0 Å². The van der Waals surface area contributed by atoms with E-state index in [0.717, 1.165) is 4.47 Å². The molecule has 0 atom stereocenters. The van der Waals surface area contributed by atoms with E-state index in [1.807, 2.05) is 0 Å². The number of carboxylic acids is 1. The van der Waals surface area contributed by atoms with E-state index in [0.29, 0.717) is 11.0 Å². The number of fused-ring (bicyclic) bond motifs is 1. The van der Waals surface area contributed by atoms with Gasteiger partial charge in [0.1, 0.15) is 5.58 Å². The van der Waals surface area contributed by atoms with Crippen LogP contribution in [0.15, 0.2) is 27.1 Å². The summed E-state index contributed by atoms with van der Waals surface area (Å²) in [6.45, 7) is 0. The summed E-state index contributed by atoms with van der Waals surface area (Å²) in [6, 6.07) is 5.20. The molecule has 0 saturated carbocycles. The minimum Gasteiger partial charge on any atom is -0.475 e. The standard InChI is InChI=1S/C9H6BrNO3/c10-4-2-1-3-5-6(4)7(11)8(14-5)9(12)13/h1-3H,11H2,(H,12,13). The zero-order valence-corrected chi connectivity index (χ0v) is 8.54. The molecule has 0 aliphatic rings. The second-order valence-electron chi connectivity index (χ2n) is 2.76. The summed E-state index contributed by atoms with van der Waals surface area (Å²) in [5, 5.41) is 9.37. The first-order valence-electron chi connectivity index (χ1n) is 3.81. The average Bonchev–Trinajstić information content (AvgIpc) is 2.45. The molecule has 0 aliphatic carbocycles. The molecule has 1 aromatic carbocycles. The highest BCUT2D eigenvalue weighted by Gasteiger charge is 2.18. The molecular weight excluding hydrogens is 250 g/mol. The Balaban J connectivity index is 2.87. The molecule has 0 fully saturated rings. The lowest BCUT2D eigenvalue weighted by Crippen LogP contribution is -1.98. The molecule has 4 nitrogen and oxygen atoms in total. The molecule has 72 valence electrons. The molecule has 1 aromatic heterocycles. The second-order valence-corrected chi connectivity index (χ2v) is 3.62. The van der Waals surface area contributed by atoms with Crippen molar-refractivity contribution in [3.05, 3.63) is 28.4 Å². The number of nitrogens with two attached hydrogens (primary N) is 1. The van der Waals surface area contributed by atoms with E-state index in [1.54, 1.807) is 18.2 Å². The largest absolute Gasteiger partial charge is 0.475 e. The molecule has 0 unspecified atom stereocenters. The number of halogens is 1. The van der Waals surface area contributed by atoms with Crippen molar-refractivity contribution in [2.75, 3.05) is 5.73 Å². The van der Waals surface area contributed by atoms with Crippen LogP contribution in [0.5, 0.6) is 0 Å². The predicted molar refractivity (Wildman–Crippen MR) is 55.3 cm³/mol. The number of benzene rings is 1. The Kier molecular flexibility index (Phi) is 1.96. The molecule has 0 saturated heterocycles. The van der Waals surface area contributed by atoms with Crippen LogP contribution in [0.4, 0.5) is 5.69 Å². The summed E-state index contributed by atoms with van der Waals surface area (Å²) < 4.78 is 5.81. The zero-order chi connectivity index (χ0) is 10.3. The first-order chi connectivity index (χ1) is 6.61. The van der Waals surface area contributed by atoms with Gasteiger partial charge < -0.3 is 15.3 Å². The number of hydrogen-bond donors (Lipinski definition) is 2. The third kappa shape index (κ3) is 1.17. The van der Waals surface area contributed by atoms with Gasteiger partial charge in [-0.1, -0.05) is 6.07 Å². The fraction of sp³-hybridized carbons (Fsp3) is 0. The lowest BCUT2D eigenvalue weighted by atomic mass is 10.2. The lowest BCUT2D eigenvalue weighted by Gasteiger charge is -1.92. The van der Waals surface area contributed by atoms with E-state index in [-0.39, 0.29) is 11.4 Å². The summed E-state index contributed by atoms with van der Waals surface area (Å²) in [4.78, 5) is 10.7. The third-order valence-electron chi connectivity index (χ3n) is 1.90. The monoisotopic (exact) mass is 255 g/mol. The summed E-state index contributed by atoms with van der Waals surface area (Å²) in [7, 11) is 0. The number of carboxylic acid groups (broad SMARTS) is 1. The molecule has 2 rings (SSSR count). The second kappa shape index (κ2) is 3.02. The predicted octanol–water partition coefficient (Wildman–Crippen LogP) is 2.48. The lowest BCUT2D eigenvalue weighted by molar-refractivity contribution is 0.0666. The number of furan rings is 1. The molecule has 0 spiro atoms. The third-order valence-corrected chi connectivity index (χ3v) is 2.56. The number of nitrogen functional groups attached to an aromatic ring is 1. The fourth-order valence-corrected chi connectivity index (χ4v) is 1.85. The Morgan fingerprint density at radius 2 is 2.21 bits per heavy atom. The number of carbonyl (C=O) groups is 1. The number of rotatable bonds is 1. The topological polar surface area (TPSA) is 76.5 Å². The molecular formula is C9H6BrNO3. The van der Waals surface area contributed by atoms with Crippen LogP contribution in [0.1, 0.15) is 10.6 Å². The van der Waals surface area contributed by atoms with Crippen molar-refractivity contribution < 1.29 is 14.3 Å². The highest BCUT2D eigenvalue weighted by molar-refractivity contribution is 9.10. The van der Waals surface area contributed by atoms with Crippen molar-refractivity contribution in [1.29, 1.82) is 0 Å². The number of anilines is 1. The van der Waals surface area contributed by atoms with Crippen molar-refractivity contribution >= 4 is 38.6 Å². The van der Waals surface area contributed by atoms with Crippen molar-refractivity contribution in [3.63, 3.8) is 0 Å². The minimum absolute atomic E-state index is 0.153. The van der Waals surface area contributed by atoms with Crippen LogP contribution in [0.3, 0.4) is 0 Å². The van der Waals surface area contributed by atoms with Crippen LogP contribution in [0, 0.1) is 0 Å². The highest BCUT2D eigenvalue weighted by atomic mass is 79.9. The normalized spacial score (nSPS) is 10.6. The Morgan fingerprint density at radius 1 is 1.50 bits per heavy atom. The molecule has 0 bridgehead atoms. The van der Waals surface area contributed by atoms with E-state index < -0.39 is 5.97 Å².